The highest BCUT2D eigenvalue weighted by Gasteiger charge is 2.28. The third kappa shape index (κ3) is 2.59. The van der Waals surface area contributed by atoms with Gasteiger partial charge in [0, 0.05) is 12.3 Å². The van der Waals surface area contributed by atoms with E-state index in [0.717, 1.165) is 18.6 Å². The van der Waals surface area contributed by atoms with Crippen LogP contribution >= 0.6 is 0 Å². The molecule has 1 fully saturated rings. The highest BCUT2D eigenvalue weighted by Crippen LogP contribution is 2.30. The number of para-hydroxylation sites is 1. The van der Waals surface area contributed by atoms with Crippen molar-refractivity contribution in [1.29, 1.82) is 0 Å². The van der Waals surface area contributed by atoms with E-state index < -0.39 is 0 Å². The maximum atomic E-state index is 11.3. The van der Waals surface area contributed by atoms with Crippen LogP contribution in [0.5, 0.6) is 5.75 Å². The zero-order valence-corrected chi connectivity index (χ0v) is 8.11. The Labute approximate surface area is 83.9 Å². The minimum Gasteiger partial charge on any atom is -0.493 e. The lowest BCUT2D eigenvalue weighted by atomic mass is 10.2. The van der Waals surface area contributed by atoms with Gasteiger partial charge in [0.15, 0.2) is 0 Å². The Kier molecular flexibility index (Phi) is 2.82. The second-order valence-corrected chi connectivity index (χ2v) is 3.65. The van der Waals surface area contributed by atoms with E-state index >= 15 is 0 Å². The molecule has 1 aromatic carbocycles. The van der Waals surface area contributed by atoms with Gasteiger partial charge in [0.2, 0.25) is 0 Å². The van der Waals surface area contributed by atoms with Crippen molar-refractivity contribution in [2.45, 2.75) is 19.3 Å². The zero-order valence-electron chi connectivity index (χ0n) is 8.11. The fourth-order valence-corrected chi connectivity index (χ4v) is 1.40. The molecule has 1 aliphatic rings. The van der Waals surface area contributed by atoms with Gasteiger partial charge in [-0.2, -0.15) is 0 Å². The van der Waals surface area contributed by atoms with Crippen molar-refractivity contribution in [3.63, 3.8) is 0 Å². The molecule has 0 aliphatic heterocycles. The molecule has 1 aliphatic carbocycles. The molecule has 0 radical (unpaired) electrons. The van der Waals surface area contributed by atoms with Crippen molar-refractivity contribution in [2.75, 3.05) is 6.61 Å². The number of Topliss-reactive ketones (excluding diaryl/α,β-unsaturated/α-hetero) is 1. The van der Waals surface area contributed by atoms with Crippen LogP contribution in [0.25, 0.3) is 0 Å². The summed E-state index contributed by atoms with van der Waals surface area (Å²) >= 11 is 0. The first-order chi connectivity index (χ1) is 6.86. The summed E-state index contributed by atoms with van der Waals surface area (Å²) in [7, 11) is 0. The van der Waals surface area contributed by atoms with Crippen LogP contribution in [-0.2, 0) is 4.79 Å². The molecule has 0 unspecified atom stereocenters. The number of benzene rings is 1. The Bertz CT molecular complexity index is 301. The van der Waals surface area contributed by atoms with Gasteiger partial charge < -0.3 is 4.74 Å². The molecule has 0 atom stereocenters. The number of ketones is 1. The molecule has 0 aromatic heterocycles. The van der Waals surface area contributed by atoms with Crippen LogP contribution in [0.2, 0.25) is 0 Å². The molecule has 0 amide bonds. The molecular weight excluding hydrogens is 176 g/mol. The number of ether oxygens (including phenoxy) is 1. The molecule has 2 rings (SSSR count). The second kappa shape index (κ2) is 4.27. The maximum absolute atomic E-state index is 11.3. The first-order valence-corrected chi connectivity index (χ1v) is 5.07. The molecule has 0 saturated heterocycles. The smallest absolute Gasteiger partial charge is 0.139 e. The summed E-state index contributed by atoms with van der Waals surface area (Å²) < 4.78 is 5.43. The monoisotopic (exact) mass is 190 g/mol. The Balaban J connectivity index is 1.70. The Hall–Kier alpha value is -1.31. The van der Waals surface area contributed by atoms with E-state index in [-0.39, 0.29) is 0 Å². The lowest BCUT2D eigenvalue weighted by molar-refractivity contribution is -0.120. The molecule has 0 bridgehead atoms. The SMILES string of the molecule is O=C(CCOc1ccccc1)C1CC1. The molecule has 1 saturated carbocycles. The first-order valence-electron chi connectivity index (χ1n) is 5.07. The molecule has 2 heteroatoms. The summed E-state index contributed by atoms with van der Waals surface area (Å²) in [6.07, 6.45) is 2.73. The number of hydrogen-bond donors (Lipinski definition) is 0. The van der Waals surface area contributed by atoms with E-state index in [0.29, 0.717) is 24.7 Å². The van der Waals surface area contributed by atoms with E-state index in [2.05, 4.69) is 0 Å². The fraction of sp³-hybridized carbons (Fsp3) is 0.417. The average Bonchev–Trinajstić information content (AvgIpc) is 3.02. The normalized spacial score (nSPS) is 15.1. The van der Waals surface area contributed by atoms with Gasteiger partial charge >= 0.3 is 0 Å². The van der Waals surface area contributed by atoms with Crippen molar-refractivity contribution in [3.8, 4) is 5.75 Å². The molecule has 1 aromatic rings. The van der Waals surface area contributed by atoms with Crippen LogP contribution in [0.15, 0.2) is 30.3 Å². The van der Waals surface area contributed by atoms with Crippen LogP contribution in [0.3, 0.4) is 0 Å². The molecular formula is C12H14O2. The van der Waals surface area contributed by atoms with Crippen molar-refractivity contribution >= 4 is 5.78 Å². The zero-order chi connectivity index (χ0) is 9.80. The van der Waals surface area contributed by atoms with E-state index in [1.807, 2.05) is 30.3 Å². The summed E-state index contributed by atoms with van der Waals surface area (Å²) in [5, 5.41) is 0. The van der Waals surface area contributed by atoms with Gasteiger partial charge in [-0.05, 0) is 25.0 Å². The quantitative estimate of drug-likeness (QED) is 0.712. The average molecular weight is 190 g/mol. The van der Waals surface area contributed by atoms with Crippen LogP contribution in [-0.4, -0.2) is 12.4 Å². The van der Waals surface area contributed by atoms with Crippen LogP contribution < -0.4 is 4.74 Å². The number of carbonyl (C=O) groups excluding carboxylic acids is 1. The van der Waals surface area contributed by atoms with Gasteiger partial charge in [-0.25, -0.2) is 0 Å². The van der Waals surface area contributed by atoms with Crippen molar-refractivity contribution < 1.29 is 9.53 Å². The molecule has 2 nitrogen and oxygen atoms in total. The van der Waals surface area contributed by atoms with Gasteiger partial charge in [-0.15, -0.1) is 0 Å². The summed E-state index contributed by atoms with van der Waals surface area (Å²) in [4.78, 5) is 11.3. The van der Waals surface area contributed by atoms with E-state index in [1.54, 1.807) is 0 Å². The molecule has 0 heterocycles. The van der Waals surface area contributed by atoms with Crippen LogP contribution in [0, 0.1) is 5.92 Å². The summed E-state index contributed by atoms with van der Waals surface area (Å²) in [5.74, 6) is 1.56. The second-order valence-electron chi connectivity index (χ2n) is 3.65. The standard InChI is InChI=1S/C12H14O2/c13-12(10-6-7-10)8-9-14-11-4-2-1-3-5-11/h1-5,10H,6-9H2. The van der Waals surface area contributed by atoms with Gasteiger partial charge in [0.1, 0.15) is 11.5 Å². The van der Waals surface area contributed by atoms with E-state index in [9.17, 15) is 4.79 Å². The number of rotatable bonds is 5. The lowest BCUT2D eigenvalue weighted by Crippen LogP contribution is -2.07. The number of hydrogen-bond acceptors (Lipinski definition) is 2. The minimum atomic E-state index is 0.356. The van der Waals surface area contributed by atoms with Gasteiger partial charge in [0.05, 0.1) is 6.61 Å². The highest BCUT2D eigenvalue weighted by atomic mass is 16.5. The topological polar surface area (TPSA) is 26.3 Å². The highest BCUT2D eigenvalue weighted by molar-refractivity contribution is 5.83. The van der Waals surface area contributed by atoms with Crippen LogP contribution in [0.4, 0.5) is 0 Å². The molecule has 0 spiro atoms. The molecule has 0 N–H and O–H groups in total. The van der Waals surface area contributed by atoms with Crippen molar-refractivity contribution in [1.82, 2.24) is 0 Å². The maximum Gasteiger partial charge on any atom is 0.139 e. The Morgan fingerprint density at radius 2 is 2.00 bits per heavy atom. The predicted octanol–water partition coefficient (Wildman–Crippen LogP) is 2.43. The molecule has 14 heavy (non-hydrogen) atoms. The third-order valence-electron chi connectivity index (χ3n) is 2.39. The Morgan fingerprint density at radius 1 is 1.29 bits per heavy atom. The summed E-state index contributed by atoms with van der Waals surface area (Å²) in [6, 6.07) is 9.61. The van der Waals surface area contributed by atoms with E-state index in [4.69, 9.17) is 4.74 Å². The van der Waals surface area contributed by atoms with Crippen LogP contribution in [0.1, 0.15) is 19.3 Å². The fourth-order valence-electron chi connectivity index (χ4n) is 1.40. The lowest BCUT2D eigenvalue weighted by Gasteiger charge is -2.04. The van der Waals surface area contributed by atoms with Crippen molar-refractivity contribution in [2.24, 2.45) is 5.92 Å². The minimum absolute atomic E-state index is 0.356. The van der Waals surface area contributed by atoms with Gasteiger partial charge in [-0.3, -0.25) is 4.79 Å². The van der Waals surface area contributed by atoms with Crippen molar-refractivity contribution in [3.05, 3.63) is 30.3 Å². The largest absolute Gasteiger partial charge is 0.493 e. The van der Waals surface area contributed by atoms with Gasteiger partial charge in [0.25, 0.3) is 0 Å². The number of carbonyl (C=O) groups is 1. The third-order valence-corrected chi connectivity index (χ3v) is 2.39. The Morgan fingerprint density at radius 3 is 2.64 bits per heavy atom. The van der Waals surface area contributed by atoms with Gasteiger partial charge in [-0.1, -0.05) is 18.2 Å². The summed E-state index contributed by atoms with van der Waals surface area (Å²) in [6.45, 7) is 0.513. The first kappa shape index (κ1) is 9.25. The van der Waals surface area contributed by atoms with E-state index in [1.165, 1.54) is 0 Å². The molecule has 74 valence electrons. The summed E-state index contributed by atoms with van der Waals surface area (Å²) in [5.41, 5.74) is 0. The predicted molar refractivity (Wildman–Crippen MR) is 54.3 cm³/mol.